The lowest BCUT2D eigenvalue weighted by Gasteiger charge is -2.34. The number of nitro groups is 1. The van der Waals surface area contributed by atoms with E-state index in [4.69, 9.17) is 10.5 Å². The normalized spacial score (nSPS) is 18.6. The van der Waals surface area contributed by atoms with Crippen molar-refractivity contribution in [3.05, 3.63) is 33.6 Å². The van der Waals surface area contributed by atoms with E-state index in [0.717, 1.165) is 6.07 Å². The van der Waals surface area contributed by atoms with Gasteiger partial charge in [-0.25, -0.2) is 4.39 Å². The minimum atomic E-state index is -0.923. The van der Waals surface area contributed by atoms with Crippen LogP contribution in [0.1, 0.15) is 10.4 Å². The Kier molecular flexibility index (Phi) is 4.34. The molecule has 1 heterocycles. The molecule has 1 amide bonds. The summed E-state index contributed by atoms with van der Waals surface area (Å²) in [5.41, 5.74) is 4.25. The molecule has 0 radical (unpaired) electrons. The van der Waals surface area contributed by atoms with E-state index in [1.165, 1.54) is 4.90 Å². The Hall–Kier alpha value is -2.26. The third-order valence-corrected chi connectivity index (χ3v) is 3.25. The number of nitrogens with zero attached hydrogens (tertiary/aromatic N) is 2. The predicted octanol–water partition coefficient (Wildman–Crippen LogP) is 0.149. The van der Waals surface area contributed by atoms with Crippen LogP contribution in [0.5, 0.6) is 0 Å². The van der Waals surface area contributed by atoms with Gasteiger partial charge in [-0.2, -0.15) is 0 Å². The Bertz CT molecular complexity index is 580. The summed E-state index contributed by atoms with van der Waals surface area (Å²) in [5.74, 6) is -1.59. The quantitative estimate of drug-likeness (QED) is 0.466. The number of aliphatic hydroxyl groups excluding tert-OH is 1. The van der Waals surface area contributed by atoms with E-state index >= 15 is 0 Å². The molecule has 1 aromatic carbocycles. The van der Waals surface area contributed by atoms with Gasteiger partial charge in [-0.1, -0.05) is 0 Å². The van der Waals surface area contributed by atoms with Crippen LogP contribution in [-0.2, 0) is 4.74 Å². The highest BCUT2D eigenvalue weighted by Gasteiger charge is 2.31. The van der Waals surface area contributed by atoms with Crippen LogP contribution in [0.4, 0.5) is 15.8 Å². The third-order valence-electron chi connectivity index (χ3n) is 3.25. The molecule has 0 aromatic heterocycles. The number of rotatable bonds is 3. The molecule has 1 unspecified atom stereocenters. The van der Waals surface area contributed by atoms with Gasteiger partial charge in [-0.15, -0.1) is 0 Å². The number of ether oxygens (including phenoxy) is 1. The molecule has 0 bridgehead atoms. The topological polar surface area (TPSA) is 119 Å². The van der Waals surface area contributed by atoms with Crippen molar-refractivity contribution in [2.24, 2.45) is 0 Å². The lowest BCUT2D eigenvalue weighted by Crippen LogP contribution is -2.50. The highest BCUT2D eigenvalue weighted by molar-refractivity contribution is 6.01. The fraction of sp³-hybridized carbons (Fsp3) is 0.417. The van der Waals surface area contributed by atoms with Crippen LogP contribution >= 0.6 is 0 Å². The van der Waals surface area contributed by atoms with Crippen LogP contribution in [0.2, 0.25) is 0 Å². The summed E-state index contributed by atoms with van der Waals surface area (Å²) < 4.78 is 18.6. The summed E-state index contributed by atoms with van der Waals surface area (Å²) in [6.07, 6.45) is 0. The SMILES string of the molecule is Nc1c(C(=O)N2CCOCC2CO)cc(F)cc1[N+](=O)[O-]. The second-order valence-corrected chi connectivity index (χ2v) is 4.55. The van der Waals surface area contributed by atoms with Gasteiger partial charge in [0, 0.05) is 6.54 Å². The first kappa shape index (κ1) is 15.1. The predicted molar refractivity (Wildman–Crippen MR) is 70.2 cm³/mol. The molecule has 21 heavy (non-hydrogen) atoms. The lowest BCUT2D eigenvalue weighted by molar-refractivity contribution is -0.384. The third kappa shape index (κ3) is 2.93. The van der Waals surface area contributed by atoms with Crippen LogP contribution in [0, 0.1) is 15.9 Å². The minimum Gasteiger partial charge on any atom is -0.394 e. The number of amides is 1. The first-order valence-electron chi connectivity index (χ1n) is 6.18. The van der Waals surface area contributed by atoms with Gasteiger partial charge in [0.1, 0.15) is 11.5 Å². The van der Waals surface area contributed by atoms with E-state index in [-0.39, 0.29) is 31.9 Å². The summed E-state index contributed by atoms with van der Waals surface area (Å²) >= 11 is 0. The van der Waals surface area contributed by atoms with Crippen molar-refractivity contribution in [3.63, 3.8) is 0 Å². The molecule has 1 aliphatic rings. The largest absolute Gasteiger partial charge is 0.394 e. The number of hydrogen-bond acceptors (Lipinski definition) is 6. The highest BCUT2D eigenvalue weighted by atomic mass is 19.1. The number of nitrogen functional groups attached to an aromatic ring is 1. The molecular formula is C12H14FN3O5. The maximum Gasteiger partial charge on any atom is 0.295 e. The molecule has 0 saturated carbocycles. The molecule has 1 saturated heterocycles. The lowest BCUT2D eigenvalue weighted by atomic mass is 10.1. The smallest absolute Gasteiger partial charge is 0.295 e. The van der Waals surface area contributed by atoms with E-state index < -0.39 is 34.1 Å². The summed E-state index contributed by atoms with van der Waals surface area (Å²) in [4.78, 5) is 23.7. The van der Waals surface area contributed by atoms with Gasteiger partial charge >= 0.3 is 0 Å². The number of carbonyl (C=O) groups is 1. The molecular weight excluding hydrogens is 285 g/mol. The summed E-state index contributed by atoms with van der Waals surface area (Å²) in [7, 11) is 0. The molecule has 3 N–H and O–H groups in total. The second-order valence-electron chi connectivity index (χ2n) is 4.55. The average Bonchev–Trinajstić information content (AvgIpc) is 2.48. The second kappa shape index (κ2) is 6.02. The molecule has 8 nitrogen and oxygen atoms in total. The number of morpholine rings is 1. The number of halogens is 1. The number of aliphatic hydroxyl groups is 1. The Morgan fingerprint density at radius 1 is 1.62 bits per heavy atom. The van der Waals surface area contributed by atoms with Crippen LogP contribution in [0.15, 0.2) is 12.1 Å². The van der Waals surface area contributed by atoms with E-state index in [9.17, 15) is 24.4 Å². The van der Waals surface area contributed by atoms with E-state index in [1.54, 1.807) is 0 Å². The standard InChI is InChI=1S/C12H14FN3O5/c13-7-3-9(11(14)10(4-7)16(19)20)12(18)15-1-2-21-6-8(15)5-17/h3-4,8,17H,1-2,5-6,14H2. The van der Waals surface area contributed by atoms with Crippen molar-refractivity contribution in [3.8, 4) is 0 Å². The van der Waals surface area contributed by atoms with Gasteiger partial charge in [-0.05, 0) is 6.07 Å². The monoisotopic (exact) mass is 299 g/mol. The van der Waals surface area contributed by atoms with Crippen molar-refractivity contribution >= 4 is 17.3 Å². The average molecular weight is 299 g/mol. The number of hydrogen-bond donors (Lipinski definition) is 2. The summed E-state index contributed by atoms with van der Waals surface area (Å²) in [6, 6.07) is 0.928. The number of carbonyl (C=O) groups excluding carboxylic acids is 1. The van der Waals surface area contributed by atoms with Crippen molar-refractivity contribution in [1.82, 2.24) is 4.90 Å². The molecule has 1 fully saturated rings. The first-order chi connectivity index (χ1) is 9.95. The molecule has 9 heteroatoms. The van der Waals surface area contributed by atoms with Gasteiger partial charge in [0.05, 0.1) is 42.4 Å². The molecule has 0 aliphatic carbocycles. The summed E-state index contributed by atoms with van der Waals surface area (Å²) in [5, 5.41) is 20.1. The maximum atomic E-state index is 13.5. The highest BCUT2D eigenvalue weighted by Crippen LogP contribution is 2.28. The van der Waals surface area contributed by atoms with Crippen molar-refractivity contribution < 1.29 is 24.0 Å². The van der Waals surface area contributed by atoms with Gasteiger partial charge in [0.15, 0.2) is 0 Å². The zero-order valence-corrected chi connectivity index (χ0v) is 11.0. The van der Waals surface area contributed by atoms with Crippen LogP contribution in [0.3, 0.4) is 0 Å². The molecule has 2 rings (SSSR count). The molecule has 114 valence electrons. The van der Waals surface area contributed by atoms with Crippen molar-refractivity contribution in [1.29, 1.82) is 0 Å². The van der Waals surface area contributed by atoms with Crippen molar-refractivity contribution in [2.45, 2.75) is 6.04 Å². The molecule has 1 atom stereocenters. The van der Waals surface area contributed by atoms with Crippen LogP contribution in [-0.4, -0.2) is 53.2 Å². The maximum absolute atomic E-state index is 13.5. The van der Waals surface area contributed by atoms with E-state index in [0.29, 0.717) is 6.07 Å². The number of anilines is 1. The Morgan fingerprint density at radius 2 is 2.33 bits per heavy atom. The molecule has 1 aromatic rings. The van der Waals surface area contributed by atoms with Gasteiger partial charge in [0.25, 0.3) is 11.6 Å². The summed E-state index contributed by atoms with van der Waals surface area (Å²) in [6.45, 7) is 0.260. The van der Waals surface area contributed by atoms with E-state index in [2.05, 4.69) is 0 Å². The minimum absolute atomic E-state index is 0.138. The zero-order valence-electron chi connectivity index (χ0n) is 11.0. The Labute approximate surface area is 119 Å². The van der Waals surface area contributed by atoms with Crippen LogP contribution in [0.25, 0.3) is 0 Å². The number of nitro benzene ring substituents is 1. The Balaban J connectivity index is 2.41. The number of benzene rings is 1. The van der Waals surface area contributed by atoms with Gasteiger partial charge in [0.2, 0.25) is 0 Å². The van der Waals surface area contributed by atoms with Crippen molar-refractivity contribution in [2.75, 3.05) is 32.1 Å². The first-order valence-corrected chi connectivity index (χ1v) is 6.18. The fourth-order valence-electron chi connectivity index (χ4n) is 2.16. The van der Waals surface area contributed by atoms with Gasteiger partial charge < -0.3 is 20.5 Å². The zero-order chi connectivity index (χ0) is 15.6. The number of nitrogens with two attached hydrogens (primary N) is 1. The molecule has 0 spiro atoms. The van der Waals surface area contributed by atoms with E-state index in [1.807, 2.05) is 0 Å². The van der Waals surface area contributed by atoms with Gasteiger partial charge in [-0.3, -0.25) is 14.9 Å². The molecule has 1 aliphatic heterocycles. The van der Waals surface area contributed by atoms with Crippen LogP contribution < -0.4 is 5.73 Å². The fourth-order valence-corrected chi connectivity index (χ4v) is 2.16. The Morgan fingerprint density at radius 3 is 2.95 bits per heavy atom.